The second-order valence-corrected chi connectivity index (χ2v) is 5.86. The number of hydrogen-bond acceptors (Lipinski definition) is 4. The van der Waals surface area contributed by atoms with E-state index in [9.17, 15) is 9.59 Å². The van der Waals surface area contributed by atoms with Crippen LogP contribution in [0, 0.1) is 17.3 Å². The van der Waals surface area contributed by atoms with Crippen molar-refractivity contribution in [3.8, 4) is 0 Å². The van der Waals surface area contributed by atoms with Gasteiger partial charge in [-0.15, -0.1) is 0 Å². The molecule has 0 N–H and O–H groups in total. The van der Waals surface area contributed by atoms with Crippen LogP contribution in [-0.2, 0) is 14.3 Å². The first kappa shape index (κ1) is 12.9. The zero-order valence-corrected chi connectivity index (χ0v) is 11.5. The Bertz CT molecular complexity index is 585. The molecule has 3 atom stereocenters. The fourth-order valence-corrected chi connectivity index (χ4v) is 2.92. The molecule has 4 heteroatoms. The van der Waals surface area contributed by atoms with Crippen molar-refractivity contribution in [1.29, 1.82) is 0 Å². The number of cyclic esters (lactones) is 1. The lowest BCUT2D eigenvalue weighted by Crippen LogP contribution is -2.25. The Kier molecular flexibility index (Phi) is 2.71. The van der Waals surface area contributed by atoms with Crippen molar-refractivity contribution in [2.75, 3.05) is 0 Å². The summed E-state index contributed by atoms with van der Waals surface area (Å²) in [5.74, 6) is -0.892. The highest BCUT2D eigenvalue weighted by atomic mass is 16.7. The summed E-state index contributed by atoms with van der Waals surface area (Å²) in [4.78, 5) is 23.7. The standard InChI is InChI=1S/C16H16O4/c1-4-9-5-7-10(8-6-9)13(17)19-15-12-11(14(18)20-15)16(12,2)3/h4-8,11-12,15H,1H2,2-3H3. The Morgan fingerprint density at radius 3 is 2.50 bits per heavy atom. The molecule has 3 rings (SSSR count). The molecule has 2 aliphatic rings. The lowest BCUT2D eigenvalue weighted by atomic mass is 10.1. The van der Waals surface area contributed by atoms with Gasteiger partial charge in [0.25, 0.3) is 6.29 Å². The van der Waals surface area contributed by atoms with E-state index in [1.807, 2.05) is 13.8 Å². The first-order valence-electron chi connectivity index (χ1n) is 6.59. The summed E-state index contributed by atoms with van der Waals surface area (Å²) in [6.07, 6.45) is 0.944. The molecule has 1 aliphatic carbocycles. The van der Waals surface area contributed by atoms with Crippen LogP contribution in [0.25, 0.3) is 6.08 Å². The Labute approximate surface area is 117 Å². The average Bonchev–Trinajstić information content (AvgIpc) is 2.82. The van der Waals surface area contributed by atoms with Gasteiger partial charge in [0, 0.05) is 0 Å². The summed E-state index contributed by atoms with van der Waals surface area (Å²) in [6, 6.07) is 6.92. The van der Waals surface area contributed by atoms with Crippen molar-refractivity contribution in [3.05, 3.63) is 42.0 Å². The second-order valence-electron chi connectivity index (χ2n) is 5.86. The third-order valence-electron chi connectivity index (χ3n) is 4.30. The van der Waals surface area contributed by atoms with Gasteiger partial charge in [0.05, 0.1) is 17.4 Å². The van der Waals surface area contributed by atoms with E-state index in [0.717, 1.165) is 5.56 Å². The molecule has 0 radical (unpaired) electrons. The molecule has 4 nitrogen and oxygen atoms in total. The van der Waals surface area contributed by atoms with Crippen LogP contribution >= 0.6 is 0 Å². The first-order chi connectivity index (χ1) is 9.45. The molecular formula is C16H16O4. The number of hydrogen-bond donors (Lipinski definition) is 0. The molecule has 1 aromatic rings. The molecule has 0 aromatic heterocycles. The highest BCUT2D eigenvalue weighted by molar-refractivity contribution is 5.90. The van der Waals surface area contributed by atoms with E-state index >= 15 is 0 Å². The van der Waals surface area contributed by atoms with Crippen molar-refractivity contribution in [2.24, 2.45) is 17.3 Å². The quantitative estimate of drug-likeness (QED) is 0.794. The summed E-state index contributed by atoms with van der Waals surface area (Å²) >= 11 is 0. The second kappa shape index (κ2) is 4.20. The number of ether oxygens (including phenoxy) is 2. The molecule has 104 valence electrons. The average molecular weight is 272 g/mol. The Morgan fingerprint density at radius 1 is 1.35 bits per heavy atom. The molecule has 2 fully saturated rings. The minimum Gasteiger partial charge on any atom is -0.425 e. The van der Waals surface area contributed by atoms with Crippen LogP contribution in [0.3, 0.4) is 0 Å². The maximum Gasteiger partial charge on any atom is 0.341 e. The van der Waals surface area contributed by atoms with Gasteiger partial charge < -0.3 is 9.47 Å². The summed E-state index contributed by atoms with van der Waals surface area (Å²) in [5, 5.41) is 0. The molecule has 1 saturated heterocycles. The molecule has 1 aliphatic heterocycles. The monoisotopic (exact) mass is 272 g/mol. The molecule has 20 heavy (non-hydrogen) atoms. The fraction of sp³-hybridized carbons (Fsp3) is 0.375. The maximum absolute atomic E-state index is 12.0. The van der Waals surface area contributed by atoms with Crippen LogP contribution in [0.15, 0.2) is 30.8 Å². The number of fused-ring (bicyclic) bond motifs is 1. The summed E-state index contributed by atoms with van der Waals surface area (Å²) in [7, 11) is 0. The molecule has 1 saturated carbocycles. The smallest absolute Gasteiger partial charge is 0.341 e. The van der Waals surface area contributed by atoms with Crippen LogP contribution in [0.5, 0.6) is 0 Å². The van der Waals surface area contributed by atoms with E-state index in [4.69, 9.17) is 9.47 Å². The summed E-state index contributed by atoms with van der Waals surface area (Å²) in [6.45, 7) is 7.63. The van der Waals surface area contributed by atoms with Crippen LogP contribution in [-0.4, -0.2) is 18.2 Å². The van der Waals surface area contributed by atoms with E-state index in [1.54, 1.807) is 30.3 Å². The lowest BCUT2D eigenvalue weighted by Gasteiger charge is -2.18. The van der Waals surface area contributed by atoms with E-state index in [2.05, 4.69) is 6.58 Å². The molecule has 0 spiro atoms. The molecule has 1 heterocycles. The van der Waals surface area contributed by atoms with Crippen LogP contribution in [0.2, 0.25) is 0 Å². The molecule has 0 bridgehead atoms. The largest absolute Gasteiger partial charge is 0.425 e. The predicted octanol–water partition coefficient (Wildman–Crippen LogP) is 2.64. The van der Waals surface area contributed by atoms with Crippen molar-refractivity contribution in [1.82, 2.24) is 0 Å². The Hall–Kier alpha value is -2.10. The predicted molar refractivity (Wildman–Crippen MR) is 72.6 cm³/mol. The topological polar surface area (TPSA) is 52.6 Å². The zero-order chi connectivity index (χ0) is 14.5. The third-order valence-corrected chi connectivity index (χ3v) is 4.30. The highest BCUT2D eigenvalue weighted by Crippen LogP contribution is 2.64. The van der Waals surface area contributed by atoms with E-state index < -0.39 is 12.3 Å². The van der Waals surface area contributed by atoms with Gasteiger partial charge in [0.15, 0.2) is 0 Å². The number of carbonyl (C=O) groups excluding carboxylic acids is 2. The fourth-order valence-electron chi connectivity index (χ4n) is 2.92. The minimum atomic E-state index is -0.755. The summed E-state index contributed by atoms with van der Waals surface area (Å²) < 4.78 is 10.4. The van der Waals surface area contributed by atoms with E-state index in [0.29, 0.717) is 5.56 Å². The van der Waals surface area contributed by atoms with Crippen molar-refractivity contribution < 1.29 is 19.1 Å². The van der Waals surface area contributed by atoms with Crippen LogP contribution < -0.4 is 0 Å². The number of rotatable bonds is 3. The van der Waals surface area contributed by atoms with Gasteiger partial charge in [-0.05, 0) is 23.1 Å². The van der Waals surface area contributed by atoms with Gasteiger partial charge in [-0.25, -0.2) is 4.79 Å². The van der Waals surface area contributed by atoms with E-state index in [-0.39, 0.29) is 23.2 Å². The Balaban J connectivity index is 1.70. The molecule has 3 unspecified atom stereocenters. The molecule has 1 aromatic carbocycles. The van der Waals surface area contributed by atoms with E-state index in [1.165, 1.54) is 0 Å². The lowest BCUT2D eigenvalue weighted by molar-refractivity contribution is -0.164. The minimum absolute atomic E-state index is 0.0219. The van der Waals surface area contributed by atoms with Crippen LogP contribution in [0.4, 0.5) is 0 Å². The van der Waals surface area contributed by atoms with Gasteiger partial charge in [-0.2, -0.15) is 0 Å². The highest BCUT2D eigenvalue weighted by Gasteiger charge is 2.72. The number of benzene rings is 1. The van der Waals surface area contributed by atoms with Gasteiger partial charge >= 0.3 is 11.9 Å². The van der Waals surface area contributed by atoms with Crippen molar-refractivity contribution in [2.45, 2.75) is 20.1 Å². The molecular weight excluding hydrogens is 256 g/mol. The van der Waals surface area contributed by atoms with Gasteiger partial charge in [0.2, 0.25) is 0 Å². The maximum atomic E-state index is 12.0. The third kappa shape index (κ3) is 1.83. The molecule has 0 amide bonds. The van der Waals surface area contributed by atoms with Gasteiger partial charge in [0.1, 0.15) is 0 Å². The number of esters is 2. The summed E-state index contributed by atoms with van der Waals surface area (Å²) in [5.41, 5.74) is 1.23. The first-order valence-corrected chi connectivity index (χ1v) is 6.59. The van der Waals surface area contributed by atoms with Crippen molar-refractivity contribution in [3.63, 3.8) is 0 Å². The zero-order valence-electron chi connectivity index (χ0n) is 11.5. The normalized spacial score (nSPS) is 29.3. The van der Waals surface area contributed by atoms with Crippen LogP contribution in [0.1, 0.15) is 29.8 Å². The number of carbonyl (C=O) groups is 2. The Morgan fingerprint density at radius 2 is 2.00 bits per heavy atom. The van der Waals surface area contributed by atoms with Crippen molar-refractivity contribution >= 4 is 18.0 Å². The SMILES string of the molecule is C=Cc1ccc(C(=O)OC2OC(=O)C3C2C3(C)C)cc1. The van der Waals surface area contributed by atoms with Gasteiger partial charge in [-0.3, -0.25) is 4.79 Å². The van der Waals surface area contributed by atoms with Gasteiger partial charge in [-0.1, -0.05) is 38.6 Å².